The molecule has 260 valence electrons. The molecule has 0 bridgehead atoms. The van der Waals surface area contributed by atoms with Gasteiger partial charge in [0, 0.05) is 0 Å². The zero-order valence-electron chi connectivity index (χ0n) is 32.9. The third-order valence-electron chi connectivity index (χ3n) is 9.27. The van der Waals surface area contributed by atoms with Crippen LogP contribution in [0.25, 0.3) is 11.1 Å². The predicted molar refractivity (Wildman–Crippen MR) is 216 cm³/mol. The molecule has 50 heavy (non-hydrogen) atoms. The van der Waals surface area contributed by atoms with Crippen LogP contribution in [0.5, 0.6) is 0 Å². The molecule has 0 saturated carbocycles. The van der Waals surface area contributed by atoms with Crippen LogP contribution in [0, 0.1) is 19.1 Å². The van der Waals surface area contributed by atoms with Crippen molar-refractivity contribution in [3.63, 3.8) is 0 Å². The average molecular weight is 761 g/mol. The smallest absolute Gasteiger partial charge is 0.109 e. The van der Waals surface area contributed by atoms with Gasteiger partial charge >= 0.3 is 116 Å². The van der Waals surface area contributed by atoms with E-state index in [0.717, 1.165) is 17.9 Å². The van der Waals surface area contributed by atoms with Gasteiger partial charge in [0.2, 0.25) is 0 Å². The molecule has 2 heteroatoms. The minimum absolute atomic E-state index is 0.0968. The second kappa shape index (κ2) is 15.6. The molecule has 0 nitrogen and oxygen atoms in total. The molecule has 0 heterocycles. The van der Waals surface area contributed by atoms with Gasteiger partial charge in [-0.25, -0.2) is 12.2 Å². The Hall–Kier alpha value is -2.60. The maximum Gasteiger partial charge on any atom is -0.109 e. The normalized spacial score (nSPS) is 13.6. The van der Waals surface area contributed by atoms with E-state index in [0.29, 0.717) is 0 Å². The summed E-state index contributed by atoms with van der Waals surface area (Å²) in [5.74, 6) is 0. The molecule has 2 aliphatic carbocycles. The Kier molecular flexibility index (Phi) is 12.5. The Bertz CT molecular complexity index is 1800. The van der Waals surface area contributed by atoms with Crippen molar-refractivity contribution in [1.82, 2.24) is 0 Å². The fourth-order valence-corrected chi connectivity index (χ4v) is 7.48. The molecule has 0 spiro atoms. The second-order valence-corrected chi connectivity index (χ2v) is 19.6. The van der Waals surface area contributed by atoms with Gasteiger partial charge in [-0.05, 0) is 39.4 Å². The van der Waals surface area contributed by atoms with E-state index in [-0.39, 0.29) is 21.7 Å². The summed E-state index contributed by atoms with van der Waals surface area (Å²) in [6.07, 6.45) is 11.0. The topological polar surface area (TPSA) is 0 Å². The third-order valence-corrected chi connectivity index (χ3v) is 10.9. The van der Waals surface area contributed by atoms with Crippen LogP contribution in [0.3, 0.4) is 0 Å². The first kappa shape index (κ1) is 40.2. The SMILES string of the molecule is CC(C)(C)c1[c-]c2c(cc1C(C)(C)C)-c1cc(C(C)(C)C)c(C(C)(C)C)cc1C2.Cc1ccc([C](=[Zr+2])c2cccc(Cl)c2)cc1.[C-]1=CC=CC1. The molecule has 0 unspecified atom stereocenters. The molecule has 0 saturated heterocycles. The first-order valence-electron chi connectivity index (χ1n) is 18.0. The van der Waals surface area contributed by atoms with Crippen LogP contribution in [0.15, 0.2) is 85.0 Å². The van der Waals surface area contributed by atoms with E-state index in [4.69, 9.17) is 11.6 Å². The average Bonchev–Trinajstić information content (AvgIpc) is 3.70. The third kappa shape index (κ3) is 10.0. The van der Waals surface area contributed by atoms with Crippen LogP contribution in [-0.2, 0) is 52.3 Å². The first-order valence-corrected chi connectivity index (χ1v) is 19.6. The van der Waals surface area contributed by atoms with Crippen molar-refractivity contribution in [2.24, 2.45) is 0 Å². The number of rotatable bonds is 2. The number of benzene rings is 4. The summed E-state index contributed by atoms with van der Waals surface area (Å²) < 4.78 is 1.34. The number of aryl methyl sites for hydroxylation is 1. The number of hydrogen-bond acceptors (Lipinski definition) is 0. The standard InChI is InChI=1S/C29H41.C14H11Cl.C5H5.Zr/c1-26(2,3)22-14-18-13-19-15-23(27(4,5)6)25(29(10,11)12)17-21(19)20(18)16-24(22)28(7,8)9;1-11-5-7-12(8-6-11)9-13-3-2-4-14(15)10-13;1-2-4-5-3-1;/h14,16-17H,13H2,1-12H3;2-8,10H,1H3;1-3H,4H2;/q-1;;-1;+2. The molecule has 4 aromatic rings. The summed E-state index contributed by atoms with van der Waals surface area (Å²) in [4.78, 5) is 0. The van der Waals surface area contributed by atoms with Gasteiger partial charge in [-0.3, -0.25) is 6.08 Å². The summed E-state index contributed by atoms with van der Waals surface area (Å²) in [5, 5.41) is 0.796. The zero-order valence-corrected chi connectivity index (χ0v) is 36.1. The van der Waals surface area contributed by atoms with Gasteiger partial charge in [-0.2, -0.15) is 23.8 Å². The van der Waals surface area contributed by atoms with E-state index < -0.39 is 0 Å². The van der Waals surface area contributed by atoms with Crippen LogP contribution in [0.2, 0.25) is 5.02 Å². The van der Waals surface area contributed by atoms with Gasteiger partial charge in [-0.1, -0.05) is 106 Å². The van der Waals surface area contributed by atoms with E-state index in [1.807, 2.05) is 30.4 Å². The monoisotopic (exact) mass is 758 g/mol. The fraction of sp³-hybridized carbons (Fsp3) is 0.396. The minimum Gasteiger partial charge on any atom is -0.273 e. The summed E-state index contributed by atoms with van der Waals surface area (Å²) >= 11 is 7.40. The molecular weight excluding hydrogens is 703 g/mol. The van der Waals surface area contributed by atoms with Crippen molar-refractivity contribution in [2.75, 3.05) is 0 Å². The zero-order chi connectivity index (χ0) is 37.2. The van der Waals surface area contributed by atoms with Crippen LogP contribution < -0.4 is 0 Å². The summed E-state index contributed by atoms with van der Waals surface area (Å²) in [6, 6.07) is 28.0. The van der Waals surface area contributed by atoms with Gasteiger partial charge < -0.3 is 0 Å². The van der Waals surface area contributed by atoms with Crippen molar-refractivity contribution in [3.8, 4) is 11.1 Å². The Morgan fingerprint density at radius 3 is 1.72 bits per heavy atom. The summed E-state index contributed by atoms with van der Waals surface area (Å²) in [5.41, 5.74) is 15.7. The quantitative estimate of drug-likeness (QED) is 0.157. The van der Waals surface area contributed by atoms with E-state index in [1.165, 1.54) is 88.6 Å². The van der Waals surface area contributed by atoms with Crippen LogP contribution in [0.1, 0.15) is 140 Å². The Labute approximate surface area is 324 Å². The molecular formula is C48H57ClZr. The summed E-state index contributed by atoms with van der Waals surface area (Å²) in [7, 11) is 0. The maximum atomic E-state index is 6.00. The fourth-order valence-electron chi connectivity index (χ4n) is 6.50. The molecule has 0 aliphatic heterocycles. The van der Waals surface area contributed by atoms with E-state index in [2.05, 4.69) is 157 Å². The predicted octanol–water partition coefficient (Wildman–Crippen LogP) is 13.3. The molecule has 0 aromatic heterocycles. The van der Waals surface area contributed by atoms with Crippen molar-refractivity contribution in [1.29, 1.82) is 0 Å². The molecule has 0 radical (unpaired) electrons. The molecule has 6 rings (SSSR count). The Balaban J connectivity index is 0.000000221. The van der Waals surface area contributed by atoms with E-state index >= 15 is 0 Å². The molecule has 2 aliphatic rings. The number of fused-ring (bicyclic) bond motifs is 3. The van der Waals surface area contributed by atoms with Gasteiger partial charge in [0.25, 0.3) is 0 Å². The minimum atomic E-state index is 0.0968. The van der Waals surface area contributed by atoms with Gasteiger partial charge in [0.05, 0.1) is 0 Å². The van der Waals surface area contributed by atoms with E-state index in [1.54, 1.807) is 0 Å². The second-order valence-electron chi connectivity index (χ2n) is 17.9. The van der Waals surface area contributed by atoms with Crippen molar-refractivity contribution in [2.45, 2.75) is 125 Å². The van der Waals surface area contributed by atoms with Crippen molar-refractivity contribution >= 4 is 14.8 Å². The van der Waals surface area contributed by atoms with Gasteiger partial charge in [0.15, 0.2) is 0 Å². The number of halogens is 1. The van der Waals surface area contributed by atoms with Gasteiger partial charge in [0.1, 0.15) is 0 Å². The van der Waals surface area contributed by atoms with Crippen molar-refractivity contribution < 1.29 is 24.2 Å². The van der Waals surface area contributed by atoms with Crippen molar-refractivity contribution in [3.05, 3.63) is 152 Å². The van der Waals surface area contributed by atoms with Crippen LogP contribution in [-0.4, -0.2) is 3.21 Å². The Morgan fingerprint density at radius 2 is 1.24 bits per heavy atom. The molecule has 0 amide bonds. The molecule has 0 fully saturated rings. The summed E-state index contributed by atoms with van der Waals surface area (Å²) in [6.45, 7) is 30.1. The van der Waals surface area contributed by atoms with Crippen LogP contribution >= 0.6 is 11.6 Å². The number of allylic oxidation sites excluding steroid dienone is 4. The molecule has 0 atom stereocenters. The largest absolute Gasteiger partial charge is 0.273 e. The molecule has 4 aromatic carbocycles. The number of hydrogen-bond donors (Lipinski definition) is 0. The molecule has 0 N–H and O–H groups in total. The Morgan fingerprint density at radius 1 is 0.660 bits per heavy atom. The maximum absolute atomic E-state index is 6.00. The van der Waals surface area contributed by atoms with Gasteiger partial charge in [-0.15, -0.1) is 23.1 Å². The first-order chi connectivity index (χ1) is 23.1. The van der Waals surface area contributed by atoms with E-state index in [9.17, 15) is 0 Å². The van der Waals surface area contributed by atoms with Crippen LogP contribution in [0.4, 0.5) is 0 Å².